The molecule has 1 saturated heterocycles. The number of rotatable bonds is 1. The van der Waals surface area contributed by atoms with Gasteiger partial charge in [-0.05, 0) is 55.5 Å². The van der Waals surface area contributed by atoms with Crippen molar-refractivity contribution in [1.82, 2.24) is 4.90 Å². The smallest absolute Gasteiger partial charge is 0.233 e. The summed E-state index contributed by atoms with van der Waals surface area (Å²) in [5, 5.41) is 9.98. The van der Waals surface area contributed by atoms with Gasteiger partial charge in [-0.25, -0.2) is 0 Å². The number of fused-ring (bicyclic) bond motifs is 4. The van der Waals surface area contributed by atoms with Crippen molar-refractivity contribution in [3.63, 3.8) is 0 Å². The number of aromatic hydroxyl groups is 1. The van der Waals surface area contributed by atoms with Crippen LogP contribution in [0.1, 0.15) is 25.3 Å². The summed E-state index contributed by atoms with van der Waals surface area (Å²) in [6.45, 7) is 1.64. The fourth-order valence-corrected chi connectivity index (χ4v) is 6.33. The van der Waals surface area contributed by atoms with Crippen LogP contribution < -0.4 is 4.74 Å². The molecule has 34 heavy (non-hydrogen) atoms. The van der Waals surface area contributed by atoms with Gasteiger partial charge in [-0.2, -0.15) is 0 Å². The number of ketones is 2. The second kappa shape index (κ2) is 7.13. The van der Waals surface area contributed by atoms with Crippen molar-refractivity contribution in [3.8, 4) is 11.5 Å². The van der Waals surface area contributed by atoms with Crippen LogP contribution in [0.5, 0.6) is 11.5 Å². The molecule has 2 heterocycles. The van der Waals surface area contributed by atoms with Gasteiger partial charge in [0.05, 0.1) is 18.1 Å². The van der Waals surface area contributed by atoms with Crippen molar-refractivity contribution >= 4 is 23.4 Å². The van der Waals surface area contributed by atoms with E-state index in [1.54, 1.807) is 31.4 Å². The van der Waals surface area contributed by atoms with E-state index in [9.17, 15) is 24.3 Å². The van der Waals surface area contributed by atoms with Crippen molar-refractivity contribution in [3.05, 3.63) is 70.0 Å². The van der Waals surface area contributed by atoms with Crippen LogP contribution in [0.15, 0.2) is 64.5 Å². The molecule has 6 rings (SSSR count). The summed E-state index contributed by atoms with van der Waals surface area (Å²) in [6.07, 6.45) is 6.12. The SMILES string of the molecule is CC1=CC(=O)C2=C(C1=O)C(C1=COc3ccc(O)cc3C1)C1=CCC3C(=O)N(C)C(=O)C3C1C2. The van der Waals surface area contributed by atoms with Crippen LogP contribution in [-0.4, -0.2) is 40.4 Å². The highest BCUT2D eigenvalue weighted by Gasteiger charge is 2.55. The molecule has 7 nitrogen and oxygen atoms in total. The van der Waals surface area contributed by atoms with E-state index >= 15 is 0 Å². The number of carbonyl (C=O) groups is 4. The molecule has 1 N–H and O–H groups in total. The first-order valence-corrected chi connectivity index (χ1v) is 11.5. The second-order valence-electron chi connectivity index (χ2n) is 9.74. The number of nitrogens with zero attached hydrogens (tertiary/aromatic N) is 1. The number of likely N-dealkylation sites (tertiary alicyclic amines) is 1. The third kappa shape index (κ3) is 2.76. The summed E-state index contributed by atoms with van der Waals surface area (Å²) in [4.78, 5) is 53.4. The van der Waals surface area contributed by atoms with Gasteiger partial charge in [-0.15, -0.1) is 0 Å². The zero-order chi connectivity index (χ0) is 23.9. The first-order valence-electron chi connectivity index (χ1n) is 11.5. The van der Waals surface area contributed by atoms with Crippen LogP contribution in [-0.2, 0) is 25.6 Å². The van der Waals surface area contributed by atoms with E-state index in [1.165, 1.54) is 18.0 Å². The maximum Gasteiger partial charge on any atom is 0.233 e. The van der Waals surface area contributed by atoms with Gasteiger partial charge in [0.1, 0.15) is 11.5 Å². The molecule has 172 valence electrons. The first kappa shape index (κ1) is 20.8. The molecule has 2 aliphatic heterocycles. The molecule has 2 amide bonds. The predicted octanol–water partition coefficient (Wildman–Crippen LogP) is 2.80. The maximum absolute atomic E-state index is 13.4. The number of amides is 2. The Bertz CT molecular complexity index is 1340. The highest BCUT2D eigenvalue weighted by atomic mass is 16.5. The lowest BCUT2D eigenvalue weighted by atomic mass is 9.58. The number of phenolic OH excluding ortho intramolecular Hbond substituents is 1. The minimum atomic E-state index is -0.537. The van der Waals surface area contributed by atoms with Crippen LogP contribution >= 0.6 is 0 Å². The predicted molar refractivity (Wildman–Crippen MR) is 120 cm³/mol. The van der Waals surface area contributed by atoms with Gasteiger partial charge in [-0.3, -0.25) is 24.1 Å². The van der Waals surface area contributed by atoms with Crippen molar-refractivity contribution < 1.29 is 29.0 Å². The highest BCUT2D eigenvalue weighted by Crippen LogP contribution is 2.54. The minimum Gasteiger partial charge on any atom is -0.508 e. The number of benzene rings is 1. The number of ether oxygens (including phenoxy) is 1. The van der Waals surface area contributed by atoms with Gasteiger partial charge in [0.25, 0.3) is 0 Å². The van der Waals surface area contributed by atoms with E-state index in [0.29, 0.717) is 35.3 Å². The van der Waals surface area contributed by atoms with Gasteiger partial charge in [0.2, 0.25) is 11.8 Å². The number of hydrogen-bond donors (Lipinski definition) is 1. The van der Waals surface area contributed by atoms with Crippen molar-refractivity contribution in [2.75, 3.05) is 7.05 Å². The zero-order valence-corrected chi connectivity index (χ0v) is 18.8. The number of carbonyl (C=O) groups excluding carboxylic acids is 4. The normalized spacial score (nSPS) is 30.1. The van der Waals surface area contributed by atoms with E-state index in [1.807, 2.05) is 6.08 Å². The molecular formula is C27H23NO6. The summed E-state index contributed by atoms with van der Waals surface area (Å²) in [5.74, 6) is -1.87. The molecule has 1 aromatic rings. The molecule has 0 saturated carbocycles. The Morgan fingerprint density at radius 1 is 1.09 bits per heavy atom. The van der Waals surface area contributed by atoms with Crippen LogP contribution in [0, 0.1) is 23.7 Å². The number of hydrogen-bond acceptors (Lipinski definition) is 6. The molecule has 5 aliphatic rings. The van der Waals surface area contributed by atoms with E-state index in [2.05, 4.69) is 0 Å². The monoisotopic (exact) mass is 457 g/mol. The summed E-state index contributed by atoms with van der Waals surface area (Å²) < 4.78 is 5.87. The Morgan fingerprint density at radius 3 is 2.68 bits per heavy atom. The molecule has 1 fully saturated rings. The Labute approximate surface area is 196 Å². The van der Waals surface area contributed by atoms with Gasteiger partial charge >= 0.3 is 0 Å². The Hall–Kier alpha value is -3.74. The average Bonchev–Trinajstić information content (AvgIpc) is 3.05. The van der Waals surface area contributed by atoms with E-state index in [-0.39, 0.29) is 41.5 Å². The molecule has 4 unspecified atom stereocenters. The maximum atomic E-state index is 13.4. The van der Waals surface area contributed by atoms with Crippen molar-refractivity contribution in [1.29, 1.82) is 0 Å². The summed E-state index contributed by atoms with van der Waals surface area (Å²) >= 11 is 0. The molecule has 0 aromatic heterocycles. The topological polar surface area (TPSA) is 101 Å². The Kier molecular flexibility index (Phi) is 4.37. The highest BCUT2D eigenvalue weighted by molar-refractivity contribution is 6.23. The van der Waals surface area contributed by atoms with Crippen LogP contribution in [0.25, 0.3) is 0 Å². The molecule has 7 heteroatoms. The molecule has 0 bridgehead atoms. The third-order valence-electron chi connectivity index (χ3n) is 7.93. The lowest BCUT2D eigenvalue weighted by Crippen LogP contribution is -2.41. The van der Waals surface area contributed by atoms with Crippen molar-refractivity contribution in [2.24, 2.45) is 23.7 Å². The Morgan fingerprint density at radius 2 is 1.88 bits per heavy atom. The number of Topliss-reactive ketones (excluding diaryl/α,β-unsaturated/α-hetero) is 1. The van der Waals surface area contributed by atoms with Crippen LogP contribution in [0.3, 0.4) is 0 Å². The number of phenols is 1. The zero-order valence-electron chi connectivity index (χ0n) is 18.8. The lowest BCUT2D eigenvalue weighted by Gasteiger charge is -2.43. The molecule has 0 spiro atoms. The quantitative estimate of drug-likeness (QED) is 0.395. The standard InChI is InChI=1S/C27H23NO6/c1-12-7-20(30)19-10-18-16(4-5-17-23(18)27(33)28(2)26(17)32)22(24(19)25(12)31)14-8-13-9-15(29)3-6-21(13)34-11-14/h3-4,6-7,9,11,17-18,22-23,29H,5,8,10H2,1-2H3. The minimum absolute atomic E-state index is 0.116. The third-order valence-corrected chi connectivity index (χ3v) is 7.93. The van der Waals surface area contributed by atoms with Gasteiger partial charge in [0, 0.05) is 41.7 Å². The van der Waals surface area contributed by atoms with E-state index < -0.39 is 17.8 Å². The molecular weight excluding hydrogens is 434 g/mol. The lowest BCUT2D eigenvalue weighted by molar-refractivity contribution is -0.138. The van der Waals surface area contributed by atoms with Gasteiger partial charge in [-0.1, -0.05) is 11.6 Å². The molecule has 1 aromatic carbocycles. The molecule has 0 radical (unpaired) electrons. The first-order chi connectivity index (χ1) is 16.3. The largest absolute Gasteiger partial charge is 0.508 e. The van der Waals surface area contributed by atoms with Crippen LogP contribution in [0.2, 0.25) is 0 Å². The molecule has 3 aliphatic carbocycles. The summed E-state index contributed by atoms with van der Waals surface area (Å²) in [7, 11) is 1.51. The summed E-state index contributed by atoms with van der Waals surface area (Å²) in [5.41, 5.74) is 3.76. The van der Waals surface area contributed by atoms with Crippen LogP contribution in [0.4, 0.5) is 0 Å². The van der Waals surface area contributed by atoms with Crippen molar-refractivity contribution in [2.45, 2.75) is 26.2 Å². The van der Waals surface area contributed by atoms with E-state index in [4.69, 9.17) is 4.74 Å². The Balaban J connectivity index is 1.50. The molecule has 4 atom stereocenters. The second-order valence-corrected chi connectivity index (χ2v) is 9.74. The van der Waals surface area contributed by atoms with E-state index in [0.717, 1.165) is 16.7 Å². The fraction of sp³-hybridized carbons (Fsp3) is 0.333. The van der Waals surface area contributed by atoms with Gasteiger partial charge in [0.15, 0.2) is 11.6 Å². The number of allylic oxidation sites excluding steroid dienone is 7. The average molecular weight is 457 g/mol. The van der Waals surface area contributed by atoms with Gasteiger partial charge < -0.3 is 9.84 Å². The summed E-state index contributed by atoms with van der Waals surface area (Å²) in [6, 6.07) is 4.88. The fourth-order valence-electron chi connectivity index (χ4n) is 6.33. The number of imide groups is 1.